The maximum atomic E-state index is 10.5. The average Bonchev–Trinajstić information content (AvgIpc) is 2.58. The molecule has 4 N–H and O–H groups in total. The summed E-state index contributed by atoms with van der Waals surface area (Å²) in [6.07, 6.45) is 3.10. The molecule has 0 unspecified atom stereocenters. The van der Waals surface area contributed by atoms with E-state index in [0.717, 1.165) is 38.6 Å². The molecule has 2 aliphatic rings. The second-order valence-corrected chi connectivity index (χ2v) is 6.93. The monoisotopic (exact) mass is 264 g/mol. The zero-order valence-corrected chi connectivity index (χ0v) is 10.5. The van der Waals surface area contributed by atoms with Crippen molar-refractivity contribution in [3.05, 3.63) is 0 Å². The van der Waals surface area contributed by atoms with Crippen molar-refractivity contribution in [3.63, 3.8) is 0 Å². The maximum Gasteiger partial charge on any atom is 0.404 e. The molecule has 2 fully saturated rings. The van der Waals surface area contributed by atoms with E-state index in [0.29, 0.717) is 5.75 Å². The van der Waals surface area contributed by atoms with Crippen molar-refractivity contribution in [2.75, 3.05) is 12.3 Å². The van der Waals surface area contributed by atoms with Crippen molar-refractivity contribution >= 4 is 16.9 Å². The first-order valence-electron chi connectivity index (χ1n) is 6.01. The van der Waals surface area contributed by atoms with Gasteiger partial charge in [-0.15, -0.1) is 10.8 Å². The van der Waals surface area contributed by atoms with E-state index in [1.54, 1.807) is 0 Å². The smallest absolute Gasteiger partial charge is 0.404 e. The van der Waals surface area contributed by atoms with Crippen LogP contribution in [-0.4, -0.2) is 49.0 Å². The van der Waals surface area contributed by atoms with Gasteiger partial charge in [-0.3, -0.25) is 9.11 Å². The van der Waals surface area contributed by atoms with E-state index in [1.807, 2.05) is 4.31 Å². The van der Waals surface area contributed by atoms with Crippen LogP contribution in [-0.2, 0) is 0 Å². The summed E-state index contributed by atoms with van der Waals surface area (Å²) >= 11 is 0. The molecule has 0 aromatic heterocycles. The van der Waals surface area contributed by atoms with Gasteiger partial charge in [0, 0.05) is 18.6 Å². The minimum Gasteiger partial charge on any atom is -0.465 e. The summed E-state index contributed by atoms with van der Waals surface area (Å²) in [7, 11) is -2.53. The Labute approximate surface area is 102 Å². The molecule has 0 bridgehead atoms. The Kier molecular flexibility index (Phi) is 3.82. The molecule has 17 heavy (non-hydrogen) atoms. The third kappa shape index (κ3) is 3.04. The lowest BCUT2D eigenvalue weighted by Crippen LogP contribution is -2.43. The molecule has 2 rings (SSSR count). The van der Waals surface area contributed by atoms with Gasteiger partial charge in [-0.1, -0.05) is 0 Å². The van der Waals surface area contributed by atoms with E-state index in [1.165, 1.54) is 0 Å². The second kappa shape index (κ2) is 5.01. The van der Waals surface area contributed by atoms with Crippen LogP contribution in [0.2, 0.25) is 0 Å². The van der Waals surface area contributed by atoms with Crippen LogP contribution in [0.3, 0.4) is 0 Å². The quantitative estimate of drug-likeness (QED) is 0.611. The molecule has 1 aliphatic heterocycles. The van der Waals surface area contributed by atoms with E-state index < -0.39 is 16.9 Å². The van der Waals surface area contributed by atoms with Crippen LogP contribution in [0.5, 0.6) is 0 Å². The summed E-state index contributed by atoms with van der Waals surface area (Å²) in [6, 6.07) is 0.225. The van der Waals surface area contributed by atoms with Gasteiger partial charge in [0.1, 0.15) is 0 Å². The number of carbonyl (C=O) groups is 1. The zero-order valence-electron chi connectivity index (χ0n) is 9.71. The minimum atomic E-state index is -2.53. The van der Waals surface area contributed by atoms with Gasteiger partial charge in [-0.05, 0) is 32.1 Å². The number of hydrogen-bond donors (Lipinski definition) is 4. The third-order valence-corrected chi connectivity index (χ3v) is 5.67. The highest BCUT2D eigenvalue weighted by molar-refractivity contribution is 8.22. The van der Waals surface area contributed by atoms with Crippen LogP contribution in [0.1, 0.15) is 32.1 Å². The molecule has 100 valence electrons. The Hall–Kier alpha value is -0.500. The number of rotatable bonds is 2. The van der Waals surface area contributed by atoms with Crippen molar-refractivity contribution < 1.29 is 19.0 Å². The van der Waals surface area contributed by atoms with Gasteiger partial charge in [0.25, 0.3) is 0 Å². The van der Waals surface area contributed by atoms with Gasteiger partial charge < -0.3 is 10.4 Å². The van der Waals surface area contributed by atoms with Crippen LogP contribution in [0.4, 0.5) is 4.79 Å². The molecule has 1 saturated heterocycles. The Morgan fingerprint density at radius 1 is 1.24 bits per heavy atom. The molecule has 1 heterocycles. The summed E-state index contributed by atoms with van der Waals surface area (Å²) in [5.41, 5.74) is 0. The normalized spacial score (nSPS) is 35.4. The summed E-state index contributed by atoms with van der Waals surface area (Å²) in [5, 5.41) is 11.1. The van der Waals surface area contributed by atoms with E-state index in [9.17, 15) is 13.9 Å². The summed E-state index contributed by atoms with van der Waals surface area (Å²) in [6.45, 7) is 0.754. The lowest BCUT2D eigenvalue weighted by atomic mass is 9.91. The van der Waals surface area contributed by atoms with E-state index in [-0.39, 0.29) is 12.1 Å². The number of carboxylic acid groups (broad SMARTS) is 1. The molecule has 0 atom stereocenters. The predicted molar refractivity (Wildman–Crippen MR) is 66.2 cm³/mol. The number of hydrogen-bond acceptors (Lipinski definition) is 4. The molecule has 6 nitrogen and oxygen atoms in total. The minimum absolute atomic E-state index is 0.0214. The number of nitrogens with one attached hydrogen (secondary N) is 1. The fourth-order valence-corrected chi connectivity index (χ4v) is 4.64. The van der Waals surface area contributed by atoms with E-state index in [4.69, 9.17) is 5.11 Å². The molecule has 0 aromatic rings. The third-order valence-electron chi connectivity index (χ3n) is 3.60. The lowest BCUT2D eigenvalue weighted by Gasteiger charge is -2.44. The predicted octanol–water partition coefficient (Wildman–Crippen LogP) is 1.94. The molecule has 0 radical (unpaired) electrons. The molecule has 1 aliphatic carbocycles. The van der Waals surface area contributed by atoms with Crippen molar-refractivity contribution in [3.8, 4) is 0 Å². The average molecular weight is 264 g/mol. The van der Waals surface area contributed by atoms with Gasteiger partial charge in [0.05, 0.1) is 5.75 Å². The van der Waals surface area contributed by atoms with E-state index >= 15 is 0 Å². The first-order valence-corrected chi connectivity index (χ1v) is 7.68. The fourth-order valence-electron chi connectivity index (χ4n) is 2.78. The summed E-state index contributed by atoms with van der Waals surface area (Å²) in [5.74, 6) is 0.486. The van der Waals surface area contributed by atoms with Gasteiger partial charge in [0.2, 0.25) is 0 Å². The molecule has 0 aromatic carbocycles. The molecule has 1 amide bonds. The van der Waals surface area contributed by atoms with Crippen LogP contribution in [0, 0.1) is 0 Å². The largest absolute Gasteiger partial charge is 0.465 e. The first-order chi connectivity index (χ1) is 7.99. The molecular weight excluding hydrogens is 244 g/mol. The highest BCUT2D eigenvalue weighted by Crippen LogP contribution is 2.51. The molecule has 7 heteroatoms. The van der Waals surface area contributed by atoms with Crippen LogP contribution in [0.25, 0.3) is 0 Å². The first kappa shape index (κ1) is 12.9. The van der Waals surface area contributed by atoms with Crippen LogP contribution >= 0.6 is 10.8 Å². The Morgan fingerprint density at radius 2 is 1.88 bits per heavy atom. The standard InChI is InChI=1S/C10H20N2O4S/c13-10(14)11-8-2-4-9(5-3-8)12-6-1-7-17(12,15)16/h8-9,11,15-16H,1-7H2,(H,13,14)/t8-,9-. The molecular formula is C10H20N2O4S. The topological polar surface area (TPSA) is 93.0 Å². The number of nitrogens with zero attached hydrogens (tertiary/aromatic N) is 1. The van der Waals surface area contributed by atoms with Gasteiger partial charge >= 0.3 is 6.09 Å². The maximum absolute atomic E-state index is 10.5. The number of amides is 1. The van der Waals surface area contributed by atoms with Crippen molar-refractivity contribution in [1.29, 1.82) is 0 Å². The zero-order chi connectivity index (χ0) is 12.5. The van der Waals surface area contributed by atoms with Crippen molar-refractivity contribution in [2.24, 2.45) is 0 Å². The second-order valence-electron chi connectivity index (χ2n) is 4.79. The fraction of sp³-hybridized carbons (Fsp3) is 0.900. The summed E-state index contributed by atoms with van der Waals surface area (Å²) < 4.78 is 21.6. The Morgan fingerprint density at radius 3 is 2.35 bits per heavy atom. The summed E-state index contributed by atoms with van der Waals surface area (Å²) in [4.78, 5) is 10.5. The Balaban J connectivity index is 1.85. The highest BCUT2D eigenvalue weighted by atomic mass is 32.3. The highest BCUT2D eigenvalue weighted by Gasteiger charge is 2.36. The van der Waals surface area contributed by atoms with Crippen molar-refractivity contribution in [2.45, 2.75) is 44.2 Å². The SMILES string of the molecule is O=C(O)N[C@H]1CC[C@H](N2CCCS2(O)O)CC1. The van der Waals surface area contributed by atoms with Crippen LogP contribution < -0.4 is 5.32 Å². The van der Waals surface area contributed by atoms with Crippen molar-refractivity contribution in [1.82, 2.24) is 9.62 Å². The van der Waals surface area contributed by atoms with Crippen LogP contribution in [0.15, 0.2) is 0 Å². The van der Waals surface area contributed by atoms with Gasteiger partial charge in [-0.2, -0.15) is 0 Å². The van der Waals surface area contributed by atoms with E-state index in [2.05, 4.69) is 5.32 Å². The molecule has 0 spiro atoms. The molecule has 1 saturated carbocycles. The lowest BCUT2D eigenvalue weighted by molar-refractivity contribution is 0.176. The van der Waals surface area contributed by atoms with Gasteiger partial charge in [-0.25, -0.2) is 9.10 Å². The van der Waals surface area contributed by atoms with Gasteiger partial charge in [0.15, 0.2) is 0 Å². The Bertz CT molecular complexity index is 292.